The van der Waals surface area contributed by atoms with Gasteiger partial charge in [-0.1, -0.05) is 6.92 Å². The van der Waals surface area contributed by atoms with E-state index in [1.54, 1.807) is 6.92 Å². The summed E-state index contributed by atoms with van der Waals surface area (Å²) in [7, 11) is 2.49. The summed E-state index contributed by atoms with van der Waals surface area (Å²) in [5.41, 5.74) is 0. The van der Waals surface area contributed by atoms with E-state index < -0.39 is 31.0 Å². The Morgan fingerprint density at radius 2 is 1.81 bits per heavy atom. The number of carbonyl (C=O) groups is 2. The van der Waals surface area contributed by atoms with Crippen molar-refractivity contribution in [1.29, 1.82) is 0 Å². The molecule has 0 fully saturated rings. The first-order valence-corrected chi connectivity index (χ1v) is 4.80. The number of aliphatic carboxylic acids is 1. The minimum Gasteiger partial charge on any atom is -0.480 e. The second-order valence-electron chi connectivity index (χ2n) is 3.43. The molecule has 0 aliphatic rings. The van der Waals surface area contributed by atoms with Gasteiger partial charge in [0.05, 0.1) is 6.54 Å². The maximum Gasteiger partial charge on any atom is 0.326 e. The number of amides is 2. The van der Waals surface area contributed by atoms with Gasteiger partial charge in [0.1, 0.15) is 6.04 Å². The molecule has 2 amide bonds. The van der Waals surface area contributed by atoms with Crippen LogP contribution in [0.15, 0.2) is 0 Å². The Kier molecular flexibility index (Phi) is 5.69. The Morgan fingerprint density at radius 1 is 1.31 bits per heavy atom. The molecule has 7 heteroatoms. The predicted octanol–water partition coefficient (Wildman–Crippen LogP) is 1.10. The number of rotatable bonds is 5. The summed E-state index contributed by atoms with van der Waals surface area (Å²) in [5, 5.41) is 8.80. The van der Waals surface area contributed by atoms with E-state index in [1.807, 2.05) is 0 Å². The highest BCUT2D eigenvalue weighted by Crippen LogP contribution is 2.06. The molecule has 5 nitrogen and oxygen atoms in total. The highest BCUT2D eigenvalue weighted by Gasteiger charge is 2.27. The fourth-order valence-electron chi connectivity index (χ4n) is 1.30. The van der Waals surface area contributed by atoms with Crippen molar-refractivity contribution in [2.24, 2.45) is 0 Å². The number of urea groups is 1. The molecule has 0 radical (unpaired) electrons. The lowest BCUT2D eigenvalue weighted by Crippen LogP contribution is -2.48. The summed E-state index contributed by atoms with van der Waals surface area (Å²) in [6.45, 7) is 0.898. The molecule has 1 unspecified atom stereocenters. The van der Waals surface area contributed by atoms with E-state index >= 15 is 0 Å². The molecule has 16 heavy (non-hydrogen) atoms. The molecule has 0 aromatic heterocycles. The van der Waals surface area contributed by atoms with E-state index in [0.29, 0.717) is 0 Å². The van der Waals surface area contributed by atoms with Gasteiger partial charge in [-0.3, -0.25) is 0 Å². The summed E-state index contributed by atoms with van der Waals surface area (Å²) >= 11 is 0. The lowest BCUT2D eigenvalue weighted by molar-refractivity contribution is -0.142. The number of halogens is 2. The number of carbonyl (C=O) groups excluding carboxylic acids is 1. The van der Waals surface area contributed by atoms with Crippen LogP contribution in [-0.2, 0) is 4.79 Å². The maximum absolute atomic E-state index is 12.0. The average molecular weight is 238 g/mol. The van der Waals surface area contributed by atoms with Gasteiger partial charge in [0.25, 0.3) is 6.43 Å². The Hall–Kier alpha value is -1.40. The van der Waals surface area contributed by atoms with E-state index in [-0.39, 0.29) is 6.42 Å². The van der Waals surface area contributed by atoms with E-state index in [2.05, 4.69) is 0 Å². The quantitative estimate of drug-likeness (QED) is 0.780. The van der Waals surface area contributed by atoms with Crippen LogP contribution in [0.2, 0.25) is 0 Å². The van der Waals surface area contributed by atoms with Gasteiger partial charge >= 0.3 is 12.0 Å². The van der Waals surface area contributed by atoms with Crippen molar-refractivity contribution in [2.75, 3.05) is 20.6 Å². The van der Waals surface area contributed by atoms with Crippen molar-refractivity contribution in [3.8, 4) is 0 Å². The topological polar surface area (TPSA) is 60.9 Å². The third-order valence-electron chi connectivity index (χ3n) is 2.18. The van der Waals surface area contributed by atoms with Crippen LogP contribution >= 0.6 is 0 Å². The van der Waals surface area contributed by atoms with E-state index in [9.17, 15) is 18.4 Å². The zero-order valence-corrected chi connectivity index (χ0v) is 9.48. The Labute approximate surface area is 92.6 Å². The van der Waals surface area contributed by atoms with Gasteiger partial charge in [0.15, 0.2) is 0 Å². The summed E-state index contributed by atoms with van der Waals surface area (Å²) in [6, 6.07) is -1.72. The van der Waals surface area contributed by atoms with Gasteiger partial charge in [-0.15, -0.1) is 0 Å². The molecule has 0 aromatic carbocycles. The SMILES string of the molecule is CCC(C(=O)O)N(C)C(=O)N(C)CC(F)F. The molecule has 0 bridgehead atoms. The molecule has 1 atom stereocenters. The molecule has 0 heterocycles. The number of likely N-dealkylation sites (N-methyl/N-ethyl adjacent to an activating group) is 1. The van der Waals surface area contributed by atoms with Crippen LogP contribution in [0, 0.1) is 0 Å². The smallest absolute Gasteiger partial charge is 0.326 e. The zero-order valence-electron chi connectivity index (χ0n) is 9.48. The number of carboxylic acids is 1. The monoisotopic (exact) mass is 238 g/mol. The second-order valence-corrected chi connectivity index (χ2v) is 3.43. The molecular formula is C9H16F2N2O3. The van der Waals surface area contributed by atoms with Crippen LogP contribution in [0.25, 0.3) is 0 Å². The zero-order chi connectivity index (χ0) is 12.9. The summed E-state index contributed by atoms with van der Waals surface area (Å²) in [5.74, 6) is -1.15. The summed E-state index contributed by atoms with van der Waals surface area (Å²) in [4.78, 5) is 24.1. The molecule has 0 saturated heterocycles. The largest absolute Gasteiger partial charge is 0.480 e. The van der Waals surface area contributed by atoms with E-state index in [4.69, 9.17) is 5.11 Å². The number of alkyl halides is 2. The molecule has 0 aromatic rings. The van der Waals surface area contributed by atoms with Crippen molar-refractivity contribution < 1.29 is 23.5 Å². The molecule has 0 aliphatic carbocycles. The lowest BCUT2D eigenvalue weighted by atomic mass is 10.2. The van der Waals surface area contributed by atoms with Gasteiger partial charge in [0, 0.05) is 14.1 Å². The first-order valence-electron chi connectivity index (χ1n) is 4.80. The first-order chi connectivity index (χ1) is 7.31. The fourth-order valence-corrected chi connectivity index (χ4v) is 1.30. The van der Waals surface area contributed by atoms with Gasteiger partial charge in [-0.25, -0.2) is 18.4 Å². The Bertz CT molecular complexity index is 261. The van der Waals surface area contributed by atoms with Crippen molar-refractivity contribution in [3.05, 3.63) is 0 Å². The number of hydrogen-bond acceptors (Lipinski definition) is 2. The summed E-state index contributed by atoms with van der Waals surface area (Å²) < 4.78 is 24.0. The average Bonchev–Trinajstić information content (AvgIpc) is 2.15. The fraction of sp³-hybridized carbons (Fsp3) is 0.778. The van der Waals surface area contributed by atoms with Crippen LogP contribution in [0.1, 0.15) is 13.3 Å². The molecular weight excluding hydrogens is 222 g/mol. The van der Waals surface area contributed by atoms with E-state index in [0.717, 1.165) is 9.80 Å². The van der Waals surface area contributed by atoms with Crippen LogP contribution in [-0.4, -0.2) is 60.0 Å². The maximum atomic E-state index is 12.0. The van der Waals surface area contributed by atoms with Crippen LogP contribution in [0.5, 0.6) is 0 Å². The molecule has 94 valence electrons. The minimum atomic E-state index is -2.63. The highest BCUT2D eigenvalue weighted by atomic mass is 19.3. The second kappa shape index (κ2) is 6.24. The van der Waals surface area contributed by atoms with Gasteiger partial charge in [-0.2, -0.15) is 0 Å². The first kappa shape index (κ1) is 14.6. The molecule has 1 N–H and O–H groups in total. The summed E-state index contributed by atoms with van der Waals surface area (Å²) in [6.07, 6.45) is -2.41. The van der Waals surface area contributed by atoms with E-state index in [1.165, 1.54) is 14.1 Å². The lowest BCUT2D eigenvalue weighted by Gasteiger charge is -2.28. The van der Waals surface area contributed by atoms with Crippen LogP contribution in [0.3, 0.4) is 0 Å². The highest BCUT2D eigenvalue weighted by molar-refractivity contribution is 5.82. The van der Waals surface area contributed by atoms with Crippen molar-refractivity contribution in [2.45, 2.75) is 25.8 Å². The molecule has 0 spiro atoms. The molecule has 0 rings (SSSR count). The number of nitrogens with zero attached hydrogens (tertiary/aromatic N) is 2. The Balaban J connectivity index is 4.52. The predicted molar refractivity (Wildman–Crippen MR) is 53.5 cm³/mol. The van der Waals surface area contributed by atoms with Crippen molar-refractivity contribution >= 4 is 12.0 Å². The standard InChI is InChI=1S/C9H16F2N2O3/c1-4-6(8(14)15)13(3)9(16)12(2)5-7(10)11/h6-7H,4-5H2,1-3H3,(H,14,15). The van der Waals surface area contributed by atoms with Crippen LogP contribution < -0.4 is 0 Å². The van der Waals surface area contributed by atoms with Crippen molar-refractivity contribution in [3.63, 3.8) is 0 Å². The van der Waals surface area contributed by atoms with Gasteiger partial charge in [0.2, 0.25) is 0 Å². The van der Waals surface area contributed by atoms with Crippen LogP contribution in [0.4, 0.5) is 13.6 Å². The minimum absolute atomic E-state index is 0.222. The molecule has 0 aliphatic heterocycles. The van der Waals surface area contributed by atoms with Gasteiger partial charge < -0.3 is 14.9 Å². The third-order valence-corrected chi connectivity index (χ3v) is 2.18. The van der Waals surface area contributed by atoms with Crippen molar-refractivity contribution in [1.82, 2.24) is 9.80 Å². The third kappa shape index (κ3) is 4.00. The number of hydrogen-bond donors (Lipinski definition) is 1. The van der Waals surface area contributed by atoms with Gasteiger partial charge in [-0.05, 0) is 6.42 Å². The molecule has 0 saturated carbocycles. The number of carboxylic acid groups (broad SMARTS) is 1. The Morgan fingerprint density at radius 3 is 2.12 bits per heavy atom. The normalized spacial score (nSPS) is 12.4.